The van der Waals surface area contributed by atoms with Gasteiger partial charge in [0, 0.05) is 23.8 Å². The van der Waals surface area contributed by atoms with Crippen LogP contribution in [-0.4, -0.2) is 22.1 Å². The molecule has 0 spiro atoms. The fraction of sp³-hybridized carbons (Fsp3) is 0.692. The Bertz CT molecular complexity index is 398. The Balaban J connectivity index is 0.00000162. The standard InChI is InChI=1S/C13H22N4.2ClH/c1-8(2)12-7-13(16-9(3)15-12)17-11-5-4-10(14)6-11;;/h7-8,10-11H,4-6,14H2,1-3H3,(H,15,16,17);2*1H/t10-,11-;;/m1../s1. The molecule has 1 aromatic heterocycles. The number of nitrogens with zero attached hydrogens (tertiary/aromatic N) is 2. The van der Waals surface area contributed by atoms with Gasteiger partial charge in [-0.25, -0.2) is 9.97 Å². The molecule has 2 rings (SSSR count). The van der Waals surface area contributed by atoms with Gasteiger partial charge in [-0.05, 0) is 32.1 Å². The molecule has 0 aromatic carbocycles. The molecule has 1 heterocycles. The molecule has 0 aliphatic heterocycles. The van der Waals surface area contributed by atoms with Gasteiger partial charge in [0.25, 0.3) is 0 Å². The lowest BCUT2D eigenvalue weighted by Crippen LogP contribution is -2.21. The normalized spacial score (nSPS) is 21.7. The minimum Gasteiger partial charge on any atom is -0.367 e. The molecule has 0 unspecified atom stereocenters. The van der Waals surface area contributed by atoms with Crippen LogP contribution in [-0.2, 0) is 0 Å². The van der Waals surface area contributed by atoms with Gasteiger partial charge in [-0.1, -0.05) is 13.8 Å². The van der Waals surface area contributed by atoms with E-state index in [0.717, 1.165) is 36.6 Å². The number of nitrogens with one attached hydrogen (secondary N) is 1. The first-order chi connectivity index (χ1) is 8.04. The molecular weight excluding hydrogens is 283 g/mol. The Morgan fingerprint density at radius 3 is 2.47 bits per heavy atom. The second-order valence-electron chi connectivity index (χ2n) is 5.29. The number of rotatable bonds is 3. The number of aryl methyl sites for hydroxylation is 1. The van der Waals surface area contributed by atoms with E-state index in [1.807, 2.05) is 6.92 Å². The maximum absolute atomic E-state index is 5.91. The lowest BCUT2D eigenvalue weighted by atomic mass is 10.1. The predicted molar refractivity (Wildman–Crippen MR) is 84.6 cm³/mol. The van der Waals surface area contributed by atoms with Crippen molar-refractivity contribution in [2.45, 2.75) is 58.0 Å². The second-order valence-corrected chi connectivity index (χ2v) is 5.29. The average Bonchev–Trinajstić information content (AvgIpc) is 2.63. The van der Waals surface area contributed by atoms with Gasteiger partial charge in [-0.2, -0.15) is 0 Å². The van der Waals surface area contributed by atoms with Gasteiger partial charge in [-0.3, -0.25) is 0 Å². The Morgan fingerprint density at radius 2 is 1.95 bits per heavy atom. The Morgan fingerprint density at radius 1 is 1.26 bits per heavy atom. The van der Waals surface area contributed by atoms with Crippen molar-refractivity contribution in [3.05, 3.63) is 17.6 Å². The summed E-state index contributed by atoms with van der Waals surface area (Å²) in [5, 5.41) is 3.48. The van der Waals surface area contributed by atoms with Crippen LogP contribution in [0, 0.1) is 6.92 Å². The zero-order valence-electron chi connectivity index (χ0n) is 11.7. The van der Waals surface area contributed by atoms with Crippen molar-refractivity contribution < 1.29 is 0 Å². The number of hydrogen-bond acceptors (Lipinski definition) is 4. The minimum atomic E-state index is 0. The van der Waals surface area contributed by atoms with E-state index in [1.54, 1.807) is 0 Å². The first-order valence-electron chi connectivity index (χ1n) is 6.42. The van der Waals surface area contributed by atoms with E-state index >= 15 is 0 Å². The Hall–Kier alpha value is -0.580. The van der Waals surface area contributed by atoms with E-state index in [-0.39, 0.29) is 24.8 Å². The van der Waals surface area contributed by atoms with E-state index < -0.39 is 0 Å². The third-order valence-electron chi connectivity index (χ3n) is 3.27. The Kier molecular flexibility index (Phi) is 7.64. The number of nitrogens with two attached hydrogens (primary N) is 1. The van der Waals surface area contributed by atoms with Crippen molar-refractivity contribution in [2.24, 2.45) is 5.73 Å². The van der Waals surface area contributed by atoms with Gasteiger partial charge < -0.3 is 11.1 Å². The topological polar surface area (TPSA) is 63.8 Å². The molecule has 110 valence electrons. The van der Waals surface area contributed by atoms with Crippen LogP contribution in [0.2, 0.25) is 0 Å². The summed E-state index contributed by atoms with van der Waals surface area (Å²) < 4.78 is 0. The van der Waals surface area contributed by atoms with Crippen molar-refractivity contribution >= 4 is 30.6 Å². The molecular formula is C13H24Cl2N4. The molecule has 0 saturated heterocycles. The van der Waals surface area contributed by atoms with Gasteiger partial charge >= 0.3 is 0 Å². The van der Waals surface area contributed by atoms with Gasteiger partial charge in [0.15, 0.2) is 0 Å². The third kappa shape index (κ3) is 5.13. The van der Waals surface area contributed by atoms with E-state index in [9.17, 15) is 0 Å². The maximum atomic E-state index is 5.91. The highest BCUT2D eigenvalue weighted by Gasteiger charge is 2.22. The lowest BCUT2D eigenvalue weighted by molar-refractivity contribution is 0.685. The number of aromatic nitrogens is 2. The van der Waals surface area contributed by atoms with Crippen LogP contribution in [0.4, 0.5) is 5.82 Å². The molecule has 1 saturated carbocycles. The smallest absolute Gasteiger partial charge is 0.130 e. The number of halogens is 2. The van der Waals surface area contributed by atoms with Crippen LogP contribution in [0.1, 0.15) is 50.5 Å². The van der Waals surface area contributed by atoms with Gasteiger partial charge in [0.1, 0.15) is 11.6 Å². The SMILES string of the molecule is Cc1nc(N[C@@H]2CC[C@@H](N)C2)cc(C(C)C)n1.Cl.Cl. The van der Waals surface area contributed by atoms with Gasteiger partial charge in [-0.15, -0.1) is 24.8 Å². The summed E-state index contributed by atoms with van der Waals surface area (Å²) in [6.45, 7) is 6.24. The van der Waals surface area contributed by atoms with E-state index in [2.05, 4.69) is 35.2 Å². The summed E-state index contributed by atoms with van der Waals surface area (Å²) in [6, 6.07) is 2.88. The van der Waals surface area contributed by atoms with Gasteiger partial charge in [0.05, 0.1) is 0 Å². The quantitative estimate of drug-likeness (QED) is 0.901. The zero-order valence-corrected chi connectivity index (χ0v) is 13.4. The highest BCUT2D eigenvalue weighted by atomic mass is 35.5. The molecule has 1 fully saturated rings. The molecule has 1 aromatic rings. The van der Waals surface area contributed by atoms with E-state index in [1.165, 1.54) is 0 Å². The van der Waals surface area contributed by atoms with Crippen LogP contribution >= 0.6 is 24.8 Å². The third-order valence-corrected chi connectivity index (χ3v) is 3.27. The Labute approximate surface area is 127 Å². The summed E-state index contributed by atoms with van der Waals surface area (Å²) >= 11 is 0. The summed E-state index contributed by atoms with van der Waals surface area (Å²) in [5.74, 6) is 2.21. The molecule has 19 heavy (non-hydrogen) atoms. The fourth-order valence-electron chi connectivity index (χ4n) is 2.32. The average molecular weight is 307 g/mol. The maximum Gasteiger partial charge on any atom is 0.130 e. The zero-order chi connectivity index (χ0) is 12.4. The molecule has 0 bridgehead atoms. The molecule has 0 radical (unpaired) electrons. The summed E-state index contributed by atoms with van der Waals surface area (Å²) in [6.07, 6.45) is 3.29. The van der Waals surface area contributed by atoms with Gasteiger partial charge in [0.2, 0.25) is 0 Å². The van der Waals surface area contributed by atoms with Crippen LogP contribution in [0.3, 0.4) is 0 Å². The van der Waals surface area contributed by atoms with Crippen LogP contribution in [0.5, 0.6) is 0 Å². The van der Waals surface area contributed by atoms with E-state index in [0.29, 0.717) is 18.0 Å². The first kappa shape index (κ1) is 18.4. The van der Waals surface area contributed by atoms with Crippen LogP contribution in [0.25, 0.3) is 0 Å². The predicted octanol–water partition coefficient (Wildman–Crippen LogP) is 3.04. The number of hydrogen-bond donors (Lipinski definition) is 2. The summed E-state index contributed by atoms with van der Waals surface area (Å²) in [7, 11) is 0. The highest BCUT2D eigenvalue weighted by molar-refractivity contribution is 5.85. The molecule has 1 aliphatic carbocycles. The van der Waals surface area contributed by atoms with Crippen molar-refractivity contribution in [3.8, 4) is 0 Å². The summed E-state index contributed by atoms with van der Waals surface area (Å²) in [5.41, 5.74) is 7.01. The molecule has 3 N–H and O–H groups in total. The highest BCUT2D eigenvalue weighted by Crippen LogP contribution is 2.22. The second kappa shape index (κ2) is 7.88. The first-order valence-corrected chi connectivity index (χ1v) is 6.42. The largest absolute Gasteiger partial charge is 0.367 e. The van der Waals surface area contributed by atoms with E-state index in [4.69, 9.17) is 5.73 Å². The minimum absolute atomic E-state index is 0. The molecule has 6 heteroatoms. The summed E-state index contributed by atoms with van der Waals surface area (Å²) in [4.78, 5) is 8.89. The van der Waals surface area contributed by atoms with Crippen molar-refractivity contribution in [3.63, 3.8) is 0 Å². The lowest BCUT2D eigenvalue weighted by Gasteiger charge is -2.15. The van der Waals surface area contributed by atoms with Crippen molar-refractivity contribution in [1.82, 2.24) is 9.97 Å². The molecule has 0 amide bonds. The number of anilines is 1. The van der Waals surface area contributed by atoms with Crippen molar-refractivity contribution in [2.75, 3.05) is 5.32 Å². The monoisotopic (exact) mass is 306 g/mol. The van der Waals surface area contributed by atoms with Crippen LogP contribution in [0.15, 0.2) is 6.07 Å². The fourth-order valence-corrected chi connectivity index (χ4v) is 2.32. The molecule has 1 aliphatic rings. The van der Waals surface area contributed by atoms with Crippen molar-refractivity contribution in [1.29, 1.82) is 0 Å². The van der Waals surface area contributed by atoms with Crippen LogP contribution < -0.4 is 11.1 Å². The molecule has 2 atom stereocenters. The molecule has 4 nitrogen and oxygen atoms in total.